The zero-order valence-electron chi connectivity index (χ0n) is 11.0. The number of pyridine rings is 1. The van der Waals surface area contributed by atoms with E-state index in [1.54, 1.807) is 21.5 Å². The molecule has 2 aromatic heterocycles. The maximum atomic E-state index is 12.2. The minimum absolute atomic E-state index is 0.130. The zero-order valence-corrected chi connectivity index (χ0v) is 11.8. The number of rotatable bonds is 4. The molecule has 0 spiro atoms. The first-order chi connectivity index (χ1) is 9.00. The van der Waals surface area contributed by atoms with Crippen molar-refractivity contribution < 1.29 is 0 Å². The van der Waals surface area contributed by atoms with Crippen molar-refractivity contribution in [2.45, 2.75) is 19.9 Å². The van der Waals surface area contributed by atoms with E-state index in [1.165, 1.54) is 0 Å². The lowest BCUT2D eigenvalue weighted by molar-refractivity contribution is 0.610. The van der Waals surface area contributed by atoms with E-state index in [0.717, 1.165) is 17.8 Å². The summed E-state index contributed by atoms with van der Waals surface area (Å²) in [5.74, 6) is 0. The van der Waals surface area contributed by atoms with Gasteiger partial charge in [-0.3, -0.25) is 9.48 Å². The van der Waals surface area contributed by atoms with Crippen LogP contribution in [0.4, 0.5) is 0 Å². The van der Waals surface area contributed by atoms with Gasteiger partial charge in [0.1, 0.15) is 4.99 Å². The molecule has 2 aromatic rings. The highest BCUT2D eigenvalue weighted by Gasteiger charge is 2.09. The third-order valence-electron chi connectivity index (χ3n) is 3.17. The number of thiocarbonyl (C=S) groups is 1. The van der Waals surface area contributed by atoms with E-state index in [4.69, 9.17) is 18.0 Å². The summed E-state index contributed by atoms with van der Waals surface area (Å²) in [5.41, 5.74) is 7.79. The van der Waals surface area contributed by atoms with Crippen LogP contribution < -0.4 is 11.3 Å². The van der Waals surface area contributed by atoms with Crippen molar-refractivity contribution >= 4 is 17.2 Å². The number of aryl methyl sites for hydroxylation is 3. The van der Waals surface area contributed by atoms with Gasteiger partial charge in [0.25, 0.3) is 5.56 Å². The van der Waals surface area contributed by atoms with Crippen molar-refractivity contribution in [3.05, 3.63) is 51.7 Å². The van der Waals surface area contributed by atoms with Crippen LogP contribution in [0.3, 0.4) is 0 Å². The molecule has 2 heterocycles. The fourth-order valence-corrected chi connectivity index (χ4v) is 2.16. The summed E-state index contributed by atoms with van der Waals surface area (Å²) in [7, 11) is 1.89. The Morgan fingerprint density at radius 2 is 2.16 bits per heavy atom. The summed E-state index contributed by atoms with van der Waals surface area (Å²) < 4.78 is 3.50. The van der Waals surface area contributed by atoms with Crippen molar-refractivity contribution in [1.29, 1.82) is 0 Å². The predicted molar refractivity (Wildman–Crippen MR) is 78.2 cm³/mol. The van der Waals surface area contributed by atoms with E-state index in [-0.39, 0.29) is 10.5 Å². The second kappa shape index (κ2) is 5.36. The molecule has 0 aliphatic heterocycles. The van der Waals surface area contributed by atoms with Crippen molar-refractivity contribution in [1.82, 2.24) is 14.3 Å². The minimum atomic E-state index is -0.130. The van der Waals surface area contributed by atoms with Gasteiger partial charge in [-0.1, -0.05) is 12.2 Å². The van der Waals surface area contributed by atoms with Crippen LogP contribution in [0.25, 0.3) is 0 Å². The Balaban J connectivity index is 2.30. The molecule has 0 unspecified atom stereocenters. The smallest absolute Gasteiger partial charge is 0.260 e. The van der Waals surface area contributed by atoms with Gasteiger partial charge < -0.3 is 10.3 Å². The van der Waals surface area contributed by atoms with Crippen LogP contribution in [0.5, 0.6) is 0 Å². The molecule has 0 bridgehead atoms. The number of aromatic nitrogens is 3. The molecular weight excluding hydrogens is 260 g/mol. The van der Waals surface area contributed by atoms with Gasteiger partial charge in [0, 0.05) is 37.6 Å². The SMILES string of the molecule is Cc1ccc(C(N)=S)c(=O)n1CCc1ccnn1C. The lowest BCUT2D eigenvalue weighted by atomic mass is 10.2. The molecule has 0 saturated heterocycles. The molecule has 0 aromatic carbocycles. The topological polar surface area (TPSA) is 65.8 Å². The quantitative estimate of drug-likeness (QED) is 0.838. The second-order valence-electron chi connectivity index (χ2n) is 4.41. The molecule has 0 radical (unpaired) electrons. The number of nitrogens with zero attached hydrogens (tertiary/aromatic N) is 3. The van der Waals surface area contributed by atoms with Crippen molar-refractivity contribution in [3.8, 4) is 0 Å². The summed E-state index contributed by atoms with van der Waals surface area (Å²) in [6.45, 7) is 2.48. The highest BCUT2D eigenvalue weighted by Crippen LogP contribution is 2.03. The maximum Gasteiger partial charge on any atom is 0.260 e. The van der Waals surface area contributed by atoms with Crippen LogP contribution in [-0.4, -0.2) is 19.3 Å². The Morgan fingerprint density at radius 1 is 1.42 bits per heavy atom. The maximum absolute atomic E-state index is 12.2. The fourth-order valence-electron chi connectivity index (χ4n) is 2.01. The Morgan fingerprint density at radius 3 is 2.74 bits per heavy atom. The molecule has 100 valence electrons. The molecule has 5 nitrogen and oxygen atoms in total. The average molecular weight is 276 g/mol. The van der Waals surface area contributed by atoms with Crippen LogP contribution in [0, 0.1) is 6.92 Å². The number of hydrogen-bond donors (Lipinski definition) is 1. The molecule has 0 atom stereocenters. The average Bonchev–Trinajstić information content (AvgIpc) is 2.74. The van der Waals surface area contributed by atoms with Crippen LogP contribution >= 0.6 is 12.2 Å². The third kappa shape index (κ3) is 2.73. The first kappa shape index (κ1) is 13.5. The Kier molecular flexibility index (Phi) is 3.80. The van der Waals surface area contributed by atoms with E-state index in [2.05, 4.69) is 5.10 Å². The van der Waals surface area contributed by atoms with Crippen LogP contribution in [0.2, 0.25) is 0 Å². The van der Waals surface area contributed by atoms with Gasteiger partial charge in [0.2, 0.25) is 0 Å². The largest absolute Gasteiger partial charge is 0.389 e. The summed E-state index contributed by atoms with van der Waals surface area (Å²) in [6, 6.07) is 5.48. The number of nitrogens with two attached hydrogens (primary N) is 1. The molecular formula is C13H16N4OS. The van der Waals surface area contributed by atoms with Crippen molar-refractivity contribution in [2.24, 2.45) is 12.8 Å². The molecule has 2 N–H and O–H groups in total. The lowest BCUT2D eigenvalue weighted by Crippen LogP contribution is -2.30. The summed E-state index contributed by atoms with van der Waals surface area (Å²) >= 11 is 4.89. The van der Waals surface area contributed by atoms with E-state index < -0.39 is 0 Å². The summed E-state index contributed by atoms with van der Waals surface area (Å²) in [4.78, 5) is 12.4. The molecule has 19 heavy (non-hydrogen) atoms. The van der Waals surface area contributed by atoms with Crippen molar-refractivity contribution in [2.75, 3.05) is 0 Å². The van der Waals surface area contributed by atoms with Gasteiger partial charge in [0.15, 0.2) is 0 Å². The standard InChI is InChI=1S/C13H16N4OS/c1-9-3-4-11(12(14)19)13(18)17(9)8-6-10-5-7-15-16(10)2/h3-5,7H,6,8H2,1-2H3,(H2,14,19). The minimum Gasteiger partial charge on any atom is -0.389 e. The van der Waals surface area contributed by atoms with Crippen LogP contribution in [0.1, 0.15) is 17.0 Å². The van der Waals surface area contributed by atoms with Gasteiger partial charge in [0.05, 0.1) is 5.56 Å². The van der Waals surface area contributed by atoms with Gasteiger partial charge in [-0.2, -0.15) is 5.10 Å². The molecule has 0 aliphatic carbocycles. The molecule has 2 rings (SSSR count). The van der Waals surface area contributed by atoms with E-state index in [0.29, 0.717) is 12.1 Å². The molecule has 6 heteroatoms. The highest BCUT2D eigenvalue weighted by molar-refractivity contribution is 7.80. The normalized spacial score (nSPS) is 10.6. The van der Waals surface area contributed by atoms with Gasteiger partial charge >= 0.3 is 0 Å². The first-order valence-corrected chi connectivity index (χ1v) is 6.38. The lowest BCUT2D eigenvalue weighted by Gasteiger charge is -2.11. The molecule has 0 aliphatic rings. The van der Waals surface area contributed by atoms with E-state index in [9.17, 15) is 4.79 Å². The monoisotopic (exact) mass is 276 g/mol. The Hall–Kier alpha value is -1.95. The predicted octanol–water partition coefficient (Wildman–Crippen LogP) is 0.767. The molecule has 0 amide bonds. The summed E-state index contributed by atoms with van der Waals surface area (Å²) in [5, 5.41) is 4.11. The van der Waals surface area contributed by atoms with Gasteiger partial charge in [-0.15, -0.1) is 0 Å². The van der Waals surface area contributed by atoms with Crippen LogP contribution in [-0.2, 0) is 20.0 Å². The Bertz CT molecular complexity index is 672. The van der Waals surface area contributed by atoms with E-state index in [1.807, 2.05) is 26.1 Å². The third-order valence-corrected chi connectivity index (χ3v) is 3.39. The second-order valence-corrected chi connectivity index (χ2v) is 4.85. The van der Waals surface area contributed by atoms with Gasteiger partial charge in [-0.05, 0) is 25.1 Å². The first-order valence-electron chi connectivity index (χ1n) is 5.98. The van der Waals surface area contributed by atoms with Gasteiger partial charge in [-0.25, -0.2) is 0 Å². The zero-order chi connectivity index (χ0) is 14.0. The van der Waals surface area contributed by atoms with Crippen molar-refractivity contribution in [3.63, 3.8) is 0 Å². The fraction of sp³-hybridized carbons (Fsp3) is 0.308. The molecule has 0 saturated carbocycles. The van der Waals surface area contributed by atoms with E-state index >= 15 is 0 Å². The highest BCUT2D eigenvalue weighted by atomic mass is 32.1. The summed E-state index contributed by atoms with van der Waals surface area (Å²) in [6.07, 6.45) is 2.48. The number of hydrogen-bond acceptors (Lipinski definition) is 3. The molecule has 0 fully saturated rings. The van der Waals surface area contributed by atoms with Crippen LogP contribution in [0.15, 0.2) is 29.2 Å². The Labute approximate surface area is 116 Å².